The van der Waals surface area contributed by atoms with Crippen LogP contribution in [-0.2, 0) is 5.41 Å². The predicted octanol–water partition coefficient (Wildman–Crippen LogP) is 0.982. The lowest BCUT2D eigenvalue weighted by atomic mass is 9.84. The number of hydrogen-bond acceptors (Lipinski definition) is 3. The molecular weight excluding hydrogens is 178 g/mol. The molecule has 1 amide bonds. The summed E-state index contributed by atoms with van der Waals surface area (Å²) in [7, 11) is 0. The molecule has 0 radical (unpaired) electrons. The van der Waals surface area contributed by atoms with Crippen LogP contribution in [0.3, 0.4) is 0 Å². The summed E-state index contributed by atoms with van der Waals surface area (Å²) in [6, 6.07) is 3.63. The minimum Gasteiger partial charge on any atom is -0.366 e. The smallest absolute Gasteiger partial charge is 0.249 e. The van der Waals surface area contributed by atoms with E-state index in [9.17, 15) is 4.79 Å². The topological polar surface area (TPSA) is 79.8 Å². The number of nitrogens with zero attached hydrogens (tertiary/aromatic N) is 2. The Morgan fingerprint density at radius 3 is 2.79 bits per heavy atom. The van der Waals surface area contributed by atoms with Gasteiger partial charge >= 0.3 is 0 Å². The first-order valence-corrected chi connectivity index (χ1v) is 4.14. The number of rotatable bonds is 2. The van der Waals surface area contributed by atoms with Crippen LogP contribution >= 0.6 is 0 Å². The van der Waals surface area contributed by atoms with Gasteiger partial charge in [-0.25, -0.2) is 0 Å². The van der Waals surface area contributed by atoms with Gasteiger partial charge in [0.15, 0.2) is 0 Å². The van der Waals surface area contributed by atoms with Gasteiger partial charge in [-0.3, -0.25) is 9.78 Å². The van der Waals surface area contributed by atoms with E-state index in [4.69, 9.17) is 11.0 Å². The largest absolute Gasteiger partial charge is 0.366 e. The molecule has 72 valence electrons. The highest BCUT2D eigenvalue weighted by Gasteiger charge is 2.25. The van der Waals surface area contributed by atoms with Crippen molar-refractivity contribution < 1.29 is 4.79 Å². The van der Waals surface area contributed by atoms with Crippen LogP contribution in [0.5, 0.6) is 0 Å². The number of carbonyl (C=O) groups is 1. The standard InChI is InChI=1S/C10H11N3O/c1-10(2,6-11)8-5-13-4-3-7(8)9(12)14/h3-5H,1-2H3,(H2,12,14). The lowest BCUT2D eigenvalue weighted by molar-refractivity contribution is 0.0998. The lowest BCUT2D eigenvalue weighted by Gasteiger charge is -2.17. The van der Waals surface area contributed by atoms with Gasteiger partial charge in [-0.15, -0.1) is 0 Å². The summed E-state index contributed by atoms with van der Waals surface area (Å²) in [6.07, 6.45) is 2.99. The van der Waals surface area contributed by atoms with Gasteiger partial charge in [0.05, 0.1) is 11.5 Å². The Balaban J connectivity index is 3.36. The van der Waals surface area contributed by atoms with Gasteiger partial charge in [-0.2, -0.15) is 5.26 Å². The van der Waals surface area contributed by atoms with Gasteiger partial charge in [0, 0.05) is 23.5 Å². The average molecular weight is 189 g/mol. The third-order valence-electron chi connectivity index (χ3n) is 2.04. The summed E-state index contributed by atoms with van der Waals surface area (Å²) in [4.78, 5) is 15.0. The Labute approximate surface area is 82.4 Å². The molecule has 0 aliphatic heterocycles. The summed E-state index contributed by atoms with van der Waals surface area (Å²) < 4.78 is 0. The third kappa shape index (κ3) is 1.72. The summed E-state index contributed by atoms with van der Waals surface area (Å²) in [5.74, 6) is -0.536. The average Bonchev–Trinajstić information content (AvgIpc) is 2.18. The summed E-state index contributed by atoms with van der Waals surface area (Å²) in [5.41, 5.74) is 5.36. The van der Waals surface area contributed by atoms with Crippen LogP contribution in [0.4, 0.5) is 0 Å². The van der Waals surface area contributed by atoms with E-state index in [-0.39, 0.29) is 0 Å². The third-order valence-corrected chi connectivity index (χ3v) is 2.04. The molecule has 4 nitrogen and oxygen atoms in total. The molecule has 0 saturated carbocycles. The molecule has 0 atom stereocenters. The first-order valence-electron chi connectivity index (χ1n) is 4.14. The molecule has 0 bridgehead atoms. The van der Waals surface area contributed by atoms with Crippen molar-refractivity contribution in [1.82, 2.24) is 4.98 Å². The molecule has 0 unspecified atom stereocenters. The number of amides is 1. The fraction of sp³-hybridized carbons (Fsp3) is 0.300. The first kappa shape index (κ1) is 10.2. The Bertz CT molecular complexity index is 404. The highest BCUT2D eigenvalue weighted by molar-refractivity contribution is 5.94. The maximum absolute atomic E-state index is 11.1. The summed E-state index contributed by atoms with van der Waals surface area (Å²) >= 11 is 0. The second-order valence-corrected chi connectivity index (χ2v) is 3.52. The zero-order valence-electron chi connectivity index (χ0n) is 8.11. The van der Waals surface area contributed by atoms with Crippen LogP contribution in [0.25, 0.3) is 0 Å². The van der Waals surface area contributed by atoms with Gasteiger partial charge in [0.25, 0.3) is 0 Å². The van der Waals surface area contributed by atoms with Crippen molar-refractivity contribution in [3.8, 4) is 6.07 Å². The number of nitriles is 1. The zero-order chi connectivity index (χ0) is 10.8. The van der Waals surface area contributed by atoms with E-state index in [1.54, 1.807) is 13.8 Å². The van der Waals surface area contributed by atoms with Crippen LogP contribution in [0, 0.1) is 11.3 Å². The van der Waals surface area contributed by atoms with Crippen LogP contribution in [0.2, 0.25) is 0 Å². The number of pyridine rings is 1. The quantitative estimate of drug-likeness (QED) is 0.753. The van der Waals surface area contributed by atoms with E-state index < -0.39 is 11.3 Å². The van der Waals surface area contributed by atoms with Crippen molar-refractivity contribution in [2.75, 3.05) is 0 Å². The molecule has 0 spiro atoms. The molecule has 0 aliphatic carbocycles. The van der Waals surface area contributed by atoms with E-state index in [0.717, 1.165) is 0 Å². The van der Waals surface area contributed by atoms with Crippen molar-refractivity contribution in [2.45, 2.75) is 19.3 Å². The summed E-state index contributed by atoms with van der Waals surface area (Å²) in [5, 5.41) is 8.92. The molecule has 14 heavy (non-hydrogen) atoms. The molecule has 4 heteroatoms. The molecule has 0 saturated heterocycles. The van der Waals surface area contributed by atoms with E-state index in [0.29, 0.717) is 11.1 Å². The second-order valence-electron chi connectivity index (χ2n) is 3.52. The minimum absolute atomic E-state index is 0.353. The second kappa shape index (κ2) is 3.46. The first-order chi connectivity index (χ1) is 6.49. The molecule has 1 aromatic heterocycles. The van der Waals surface area contributed by atoms with E-state index >= 15 is 0 Å². The molecule has 1 aromatic rings. The molecule has 0 aliphatic rings. The highest BCUT2D eigenvalue weighted by Crippen LogP contribution is 2.24. The van der Waals surface area contributed by atoms with Crippen molar-refractivity contribution in [1.29, 1.82) is 5.26 Å². The SMILES string of the molecule is CC(C)(C#N)c1cnccc1C(N)=O. The van der Waals surface area contributed by atoms with E-state index in [2.05, 4.69) is 11.1 Å². The van der Waals surface area contributed by atoms with Gasteiger partial charge in [0.1, 0.15) is 0 Å². The zero-order valence-corrected chi connectivity index (χ0v) is 8.11. The van der Waals surface area contributed by atoms with Gasteiger partial charge in [0.2, 0.25) is 5.91 Å². The number of carbonyl (C=O) groups excluding carboxylic acids is 1. The van der Waals surface area contributed by atoms with Crippen molar-refractivity contribution in [3.63, 3.8) is 0 Å². The Kier molecular flexibility index (Phi) is 2.52. The Hall–Kier alpha value is -1.89. The van der Waals surface area contributed by atoms with E-state index in [1.807, 2.05) is 0 Å². The molecule has 0 fully saturated rings. The monoisotopic (exact) mass is 189 g/mol. The Morgan fingerprint density at radius 2 is 2.29 bits per heavy atom. The maximum Gasteiger partial charge on any atom is 0.249 e. The minimum atomic E-state index is -0.751. The Morgan fingerprint density at radius 1 is 1.64 bits per heavy atom. The van der Waals surface area contributed by atoms with Crippen molar-refractivity contribution >= 4 is 5.91 Å². The van der Waals surface area contributed by atoms with Crippen LogP contribution in [0.15, 0.2) is 18.5 Å². The normalized spacial score (nSPS) is 10.6. The fourth-order valence-electron chi connectivity index (χ4n) is 1.17. The molecular formula is C10H11N3O. The summed E-state index contributed by atoms with van der Waals surface area (Å²) in [6.45, 7) is 3.44. The van der Waals surface area contributed by atoms with Crippen molar-refractivity contribution in [3.05, 3.63) is 29.6 Å². The molecule has 2 N–H and O–H groups in total. The lowest BCUT2D eigenvalue weighted by Crippen LogP contribution is -2.22. The molecule has 1 rings (SSSR count). The van der Waals surface area contributed by atoms with Gasteiger partial charge in [-0.05, 0) is 19.9 Å². The fourth-order valence-corrected chi connectivity index (χ4v) is 1.17. The maximum atomic E-state index is 11.1. The number of primary amides is 1. The van der Waals surface area contributed by atoms with E-state index in [1.165, 1.54) is 18.5 Å². The van der Waals surface area contributed by atoms with Gasteiger partial charge < -0.3 is 5.73 Å². The molecule has 1 heterocycles. The van der Waals surface area contributed by atoms with Crippen LogP contribution in [0.1, 0.15) is 29.8 Å². The van der Waals surface area contributed by atoms with Crippen LogP contribution < -0.4 is 5.73 Å². The number of aromatic nitrogens is 1. The van der Waals surface area contributed by atoms with Crippen LogP contribution in [-0.4, -0.2) is 10.9 Å². The number of nitrogens with two attached hydrogens (primary N) is 1. The highest BCUT2D eigenvalue weighted by atomic mass is 16.1. The molecule has 0 aromatic carbocycles. The predicted molar refractivity (Wildman–Crippen MR) is 51.4 cm³/mol. The van der Waals surface area contributed by atoms with Crippen molar-refractivity contribution in [2.24, 2.45) is 5.73 Å². The number of hydrogen-bond donors (Lipinski definition) is 1. The van der Waals surface area contributed by atoms with Gasteiger partial charge in [-0.1, -0.05) is 0 Å².